The van der Waals surface area contributed by atoms with Crippen molar-refractivity contribution in [1.82, 2.24) is 4.90 Å². The van der Waals surface area contributed by atoms with Crippen LogP contribution in [-0.2, 0) is 22.4 Å². The first-order valence-electron chi connectivity index (χ1n) is 7.84. The van der Waals surface area contributed by atoms with Gasteiger partial charge < -0.3 is 10.2 Å². The Hall–Kier alpha value is -1.84. The molecule has 0 aromatic heterocycles. The van der Waals surface area contributed by atoms with E-state index in [0.29, 0.717) is 0 Å². The molecule has 0 aliphatic carbocycles. The summed E-state index contributed by atoms with van der Waals surface area (Å²) in [7, 11) is 0. The highest BCUT2D eigenvalue weighted by Crippen LogP contribution is 2.23. The normalized spacial score (nSPS) is 14.3. The Labute approximate surface area is 126 Å². The average Bonchev–Trinajstić information content (AvgIpc) is 3.01. The summed E-state index contributed by atoms with van der Waals surface area (Å²) in [5.74, 6) is -0.264. The van der Waals surface area contributed by atoms with Gasteiger partial charge in [-0.3, -0.25) is 9.59 Å². The van der Waals surface area contributed by atoms with Crippen molar-refractivity contribution in [2.75, 3.05) is 18.4 Å². The quantitative estimate of drug-likeness (QED) is 0.847. The molecule has 1 aliphatic heterocycles. The van der Waals surface area contributed by atoms with Crippen molar-refractivity contribution in [2.45, 2.75) is 46.0 Å². The Kier molecular flexibility index (Phi) is 5.37. The summed E-state index contributed by atoms with van der Waals surface area (Å²) >= 11 is 0. The van der Waals surface area contributed by atoms with E-state index in [0.717, 1.165) is 55.6 Å². The fourth-order valence-corrected chi connectivity index (χ4v) is 2.80. The molecule has 2 amide bonds. The van der Waals surface area contributed by atoms with E-state index in [1.807, 2.05) is 18.2 Å². The number of rotatable bonds is 5. The van der Waals surface area contributed by atoms with E-state index >= 15 is 0 Å². The number of likely N-dealkylation sites (tertiary alicyclic amines) is 1. The predicted molar refractivity (Wildman–Crippen MR) is 84.3 cm³/mol. The van der Waals surface area contributed by atoms with Crippen molar-refractivity contribution in [3.8, 4) is 0 Å². The summed E-state index contributed by atoms with van der Waals surface area (Å²) < 4.78 is 0. The highest BCUT2D eigenvalue weighted by Gasteiger charge is 2.21. The zero-order valence-corrected chi connectivity index (χ0v) is 12.9. The third-order valence-electron chi connectivity index (χ3n) is 4.03. The number of nitrogens with one attached hydrogen (secondary N) is 1. The molecule has 0 unspecified atom stereocenters. The van der Waals surface area contributed by atoms with Crippen molar-refractivity contribution < 1.29 is 9.59 Å². The van der Waals surface area contributed by atoms with Crippen molar-refractivity contribution in [1.29, 1.82) is 0 Å². The van der Waals surface area contributed by atoms with E-state index in [1.165, 1.54) is 0 Å². The number of anilines is 1. The van der Waals surface area contributed by atoms with Gasteiger partial charge in [0.15, 0.2) is 0 Å². The van der Waals surface area contributed by atoms with Gasteiger partial charge in [0, 0.05) is 18.8 Å². The van der Waals surface area contributed by atoms with Gasteiger partial charge in [0.2, 0.25) is 11.8 Å². The van der Waals surface area contributed by atoms with Crippen LogP contribution in [0.5, 0.6) is 0 Å². The lowest BCUT2D eigenvalue weighted by Crippen LogP contribution is -2.31. The fourth-order valence-electron chi connectivity index (χ4n) is 2.80. The number of carbonyl (C=O) groups is 2. The first-order valence-corrected chi connectivity index (χ1v) is 7.84. The molecule has 1 aromatic carbocycles. The second kappa shape index (κ2) is 7.25. The van der Waals surface area contributed by atoms with Crippen LogP contribution in [0.4, 0.5) is 5.69 Å². The molecule has 1 fully saturated rings. The molecule has 0 spiro atoms. The Morgan fingerprint density at radius 3 is 2.19 bits per heavy atom. The highest BCUT2D eigenvalue weighted by molar-refractivity contribution is 6.04. The maximum Gasteiger partial charge on any atom is 0.233 e. The SMILES string of the molecule is CCc1cccc(CC)c1NC(=O)CC(=O)N1CCCC1. The van der Waals surface area contributed by atoms with Crippen LogP contribution in [0.3, 0.4) is 0 Å². The van der Waals surface area contributed by atoms with Crippen LogP contribution < -0.4 is 5.32 Å². The summed E-state index contributed by atoms with van der Waals surface area (Å²) in [6.45, 7) is 5.72. The molecule has 0 saturated carbocycles. The Morgan fingerprint density at radius 2 is 1.67 bits per heavy atom. The monoisotopic (exact) mass is 288 g/mol. The molecule has 114 valence electrons. The lowest BCUT2D eigenvalue weighted by atomic mass is 10.0. The van der Waals surface area contributed by atoms with Gasteiger partial charge in [-0.05, 0) is 36.8 Å². The first-order chi connectivity index (χ1) is 10.2. The van der Waals surface area contributed by atoms with E-state index in [4.69, 9.17) is 0 Å². The highest BCUT2D eigenvalue weighted by atomic mass is 16.2. The molecule has 4 heteroatoms. The summed E-state index contributed by atoms with van der Waals surface area (Å²) in [4.78, 5) is 26.0. The van der Waals surface area contributed by atoms with Crippen LogP contribution in [0.25, 0.3) is 0 Å². The van der Waals surface area contributed by atoms with E-state index < -0.39 is 0 Å². The molecule has 0 bridgehead atoms. The molecule has 1 saturated heterocycles. The number of carbonyl (C=O) groups excluding carboxylic acids is 2. The lowest BCUT2D eigenvalue weighted by molar-refractivity contribution is -0.133. The van der Waals surface area contributed by atoms with Crippen LogP contribution in [0.15, 0.2) is 18.2 Å². The van der Waals surface area contributed by atoms with E-state index in [9.17, 15) is 9.59 Å². The van der Waals surface area contributed by atoms with Crippen LogP contribution in [0.1, 0.15) is 44.2 Å². The molecule has 2 rings (SSSR count). The molecular formula is C17H24N2O2. The number of aryl methyl sites for hydroxylation is 2. The maximum absolute atomic E-state index is 12.2. The summed E-state index contributed by atoms with van der Waals surface area (Å²) in [5, 5.41) is 2.95. The predicted octanol–water partition coefficient (Wildman–Crippen LogP) is 2.76. The number of amides is 2. The molecule has 4 nitrogen and oxygen atoms in total. The van der Waals surface area contributed by atoms with Gasteiger partial charge in [-0.15, -0.1) is 0 Å². The summed E-state index contributed by atoms with van der Waals surface area (Å²) in [6.07, 6.45) is 3.77. The molecule has 1 aliphatic rings. The Morgan fingerprint density at radius 1 is 1.10 bits per heavy atom. The number of hydrogen-bond acceptors (Lipinski definition) is 2. The second-order valence-electron chi connectivity index (χ2n) is 5.47. The Balaban J connectivity index is 2.03. The van der Waals surface area contributed by atoms with Gasteiger partial charge in [0.1, 0.15) is 6.42 Å². The summed E-state index contributed by atoms with van der Waals surface area (Å²) in [5.41, 5.74) is 3.13. The third kappa shape index (κ3) is 3.84. The van der Waals surface area contributed by atoms with Crippen molar-refractivity contribution in [2.24, 2.45) is 0 Å². The molecule has 1 aromatic rings. The van der Waals surface area contributed by atoms with Gasteiger partial charge >= 0.3 is 0 Å². The van der Waals surface area contributed by atoms with E-state index in [-0.39, 0.29) is 18.2 Å². The molecule has 21 heavy (non-hydrogen) atoms. The van der Waals surface area contributed by atoms with Crippen molar-refractivity contribution in [3.05, 3.63) is 29.3 Å². The van der Waals surface area contributed by atoms with Crippen molar-refractivity contribution in [3.63, 3.8) is 0 Å². The fraction of sp³-hybridized carbons (Fsp3) is 0.529. The number of nitrogens with zero attached hydrogens (tertiary/aromatic N) is 1. The lowest BCUT2D eigenvalue weighted by Gasteiger charge is -2.17. The molecular weight excluding hydrogens is 264 g/mol. The number of para-hydroxylation sites is 1. The molecule has 1 N–H and O–H groups in total. The maximum atomic E-state index is 12.2. The molecule has 0 radical (unpaired) electrons. The molecule has 0 atom stereocenters. The summed E-state index contributed by atoms with van der Waals surface area (Å²) in [6, 6.07) is 6.07. The number of benzene rings is 1. The van der Waals surface area contributed by atoms with Gasteiger partial charge in [-0.1, -0.05) is 32.0 Å². The van der Waals surface area contributed by atoms with Gasteiger partial charge in [-0.25, -0.2) is 0 Å². The number of hydrogen-bond donors (Lipinski definition) is 1. The minimum absolute atomic E-state index is 0.0544. The van der Waals surface area contributed by atoms with Crippen LogP contribution in [0, 0.1) is 0 Å². The van der Waals surface area contributed by atoms with Gasteiger partial charge in [0.25, 0.3) is 0 Å². The first kappa shape index (κ1) is 15.5. The van der Waals surface area contributed by atoms with Crippen molar-refractivity contribution >= 4 is 17.5 Å². The minimum Gasteiger partial charge on any atom is -0.342 e. The largest absolute Gasteiger partial charge is 0.342 e. The topological polar surface area (TPSA) is 49.4 Å². The smallest absolute Gasteiger partial charge is 0.233 e. The van der Waals surface area contributed by atoms with Gasteiger partial charge in [0.05, 0.1) is 0 Å². The minimum atomic E-state index is -0.206. The van der Waals surface area contributed by atoms with Gasteiger partial charge in [-0.2, -0.15) is 0 Å². The molecule has 1 heterocycles. The van der Waals surface area contributed by atoms with E-state index in [2.05, 4.69) is 19.2 Å². The standard InChI is InChI=1S/C17H24N2O2/c1-3-13-8-7-9-14(4-2)17(13)18-15(20)12-16(21)19-10-5-6-11-19/h7-9H,3-6,10-12H2,1-2H3,(H,18,20). The third-order valence-corrected chi connectivity index (χ3v) is 4.03. The van der Waals surface area contributed by atoms with Crippen LogP contribution in [0.2, 0.25) is 0 Å². The Bertz CT molecular complexity index is 497. The zero-order chi connectivity index (χ0) is 15.2. The van der Waals surface area contributed by atoms with Crippen LogP contribution in [-0.4, -0.2) is 29.8 Å². The van der Waals surface area contributed by atoms with Crippen LogP contribution >= 0.6 is 0 Å². The second-order valence-corrected chi connectivity index (χ2v) is 5.47. The van der Waals surface area contributed by atoms with E-state index in [1.54, 1.807) is 4.90 Å². The average molecular weight is 288 g/mol. The zero-order valence-electron chi connectivity index (χ0n) is 12.9.